The van der Waals surface area contributed by atoms with Crippen LogP contribution in [0.15, 0.2) is 33.2 Å². The van der Waals surface area contributed by atoms with Crippen LogP contribution >= 0.6 is 35.3 Å². The number of guanidine groups is 1. The zero-order valence-electron chi connectivity index (χ0n) is 15.5. The van der Waals surface area contributed by atoms with E-state index in [1.165, 1.54) is 5.01 Å². The molecule has 0 atom stereocenters. The highest BCUT2D eigenvalue weighted by Gasteiger charge is 2.17. The Balaban J connectivity index is 0.00000312. The fourth-order valence-electron chi connectivity index (χ4n) is 2.15. The number of thiazole rings is 1. The van der Waals surface area contributed by atoms with Gasteiger partial charge < -0.3 is 15.1 Å². The Morgan fingerprint density at radius 2 is 2.08 bits per heavy atom. The summed E-state index contributed by atoms with van der Waals surface area (Å²) in [4.78, 5) is 9.31. The van der Waals surface area contributed by atoms with Gasteiger partial charge in [0.2, 0.25) is 0 Å². The highest BCUT2D eigenvalue weighted by Crippen LogP contribution is 2.25. The number of hydrogen-bond acceptors (Lipinski definition) is 4. The van der Waals surface area contributed by atoms with Crippen molar-refractivity contribution in [1.29, 1.82) is 0 Å². The Hall–Kier alpha value is -1.09. The summed E-state index contributed by atoms with van der Waals surface area (Å²) in [7, 11) is 0. The first-order chi connectivity index (χ1) is 11.5. The van der Waals surface area contributed by atoms with E-state index in [2.05, 4.69) is 48.7 Å². The minimum atomic E-state index is 0. The molecular weight excluding hydrogens is 447 g/mol. The molecular formula is C18H29IN4OS. The lowest BCUT2D eigenvalue weighted by molar-refractivity contribution is 0.510. The standard InChI is InChI=1S/C18H28N4OS.HI/c1-5-19-17(21-11-9-15-7-6-12-23-15)20-10-8-14-13-24-16(22-14)18(2,3)4;/h6-7,12-13H,5,8-11H2,1-4H3,(H2,19,20,21);1H. The fourth-order valence-corrected chi connectivity index (χ4v) is 3.09. The molecule has 0 saturated heterocycles. The Morgan fingerprint density at radius 3 is 2.68 bits per heavy atom. The first-order valence-electron chi connectivity index (χ1n) is 8.48. The maximum absolute atomic E-state index is 5.33. The lowest BCUT2D eigenvalue weighted by atomic mass is 9.98. The predicted molar refractivity (Wildman–Crippen MR) is 116 cm³/mol. The van der Waals surface area contributed by atoms with Crippen LogP contribution in [-0.2, 0) is 18.3 Å². The highest BCUT2D eigenvalue weighted by molar-refractivity contribution is 14.0. The number of halogens is 1. The molecule has 140 valence electrons. The molecule has 0 amide bonds. The molecule has 0 bridgehead atoms. The third-order valence-electron chi connectivity index (χ3n) is 3.42. The van der Waals surface area contributed by atoms with Crippen LogP contribution in [0.2, 0.25) is 0 Å². The monoisotopic (exact) mass is 476 g/mol. The maximum Gasteiger partial charge on any atom is 0.191 e. The summed E-state index contributed by atoms with van der Waals surface area (Å²) in [6.45, 7) is 11.0. The molecule has 0 spiro atoms. The van der Waals surface area contributed by atoms with Crippen LogP contribution in [0.25, 0.3) is 0 Å². The Morgan fingerprint density at radius 1 is 1.28 bits per heavy atom. The molecule has 2 aromatic heterocycles. The van der Waals surface area contributed by atoms with E-state index in [4.69, 9.17) is 9.40 Å². The second-order valence-corrected chi connectivity index (χ2v) is 7.52. The molecule has 0 saturated carbocycles. The average molecular weight is 476 g/mol. The molecule has 0 fully saturated rings. The van der Waals surface area contributed by atoms with Gasteiger partial charge in [0.15, 0.2) is 5.96 Å². The Labute approximate surface area is 171 Å². The summed E-state index contributed by atoms with van der Waals surface area (Å²) in [5.41, 5.74) is 1.27. The SMILES string of the molecule is CCNC(=NCCc1ccco1)NCCc1csc(C(C)(C)C)n1.I. The smallest absolute Gasteiger partial charge is 0.191 e. The van der Waals surface area contributed by atoms with Gasteiger partial charge in [0.1, 0.15) is 5.76 Å². The van der Waals surface area contributed by atoms with Gasteiger partial charge in [-0.3, -0.25) is 4.99 Å². The summed E-state index contributed by atoms with van der Waals surface area (Å²) < 4.78 is 5.33. The molecule has 0 aliphatic heterocycles. The van der Waals surface area contributed by atoms with E-state index >= 15 is 0 Å². The van der Waals surface area contributed by atoms with Crippen LogP contribution in [-0.4, -0.2) is 30.6 Å². The van der Waals surface area contributed by atoms with Crippen molar-refractivity contribution in [1.82, 2.24) is 15.6 Å². The normalized spacial score (nSPS) is 11.9. The van der Waals surface area contributed by atoms with Crippen molar-refractivity contribution >= 4 is 41.3 Å². The van der Waals surface area contributed by atoms with Gasteiger partial charge in [-0.15, -0.1) is 35.3 Å². The van der Waals surface area contributed by atoms with E-state index < -0.39 is 0 Å². The van der Waals surface area contributed by atoms with Gasteiger partial charge in [-0.1, -0.05) is 20.8 Å². The molecule has 0 aromatic carbocycles. The zero-order valence-corrected chi connectivity index (χ0v) is 18.6. The lowest BCUT2D eigenvalue weighted by Crippen LogP contribution is -2.38. The summed E-state index contributed by atoms with van der Waals surface area (Å²) in [6.07, 6.45) is 3.40. The predicted octanol–water partition coefficient (Wildman–Crippen LogP) is 3.99. The molecule has 2 heterocycles. The van der Waals surface area contributed by atoms with Crippen molar-refractivity contribution in [2.75, 3.05) is 19.6 Å². The highest BCUT2D eigenvalue weighted by atomic mass is 127. The minimum absolute atomic E-state index is 0. The quantitative estimate of drug-likeness (QED) is 0.361. The average Bonchev–Trinajstić information content (AvgIpc) is 3.18. The van der Waals surface area contributed by atoms with E-state index in [1.807, 2.05) is 12.1 Å². The van der Waals surface area contributed by atoms with E-state index in [9.17, 15) is 0 Å². The zero-order chi connectivity index (χ0) is 17.4. The number of nitrogens with one attached hydrogen (secondary N) is 2. The van der Waals surface area contributed by atoms with Crippen molar-refractivity contribution in [3.8, 4) is 0 Å². The van der Waals surface area contributed by atoms with Gasteiger partial charge in [0, 0.05) is 43.3 Å². The van der Waals surface area contributed by atoms with E-state index in [1.54, 1.807) is 17.6 Å². The van der Waals surface area contributed by atoms with E-state index in [0.29, 0.717) is 6.54 Å². The molecule has 5 nitrogen and oxygen atoms in total. The van der Waals surface area contributed by atoms with Gasteiger partial charge in [0.05, 0.1) is 17.0 Å². The largest absolute Gasteiger partial charge is 0.469 e. The summed E-state index contributed by atoms with van der Waals surface area (Å²) >= 11 is 1.74. The number of furan rings is 1. The van der Waals surface area contributed by atoms with Crippen LogP contribution in [0.5, 0.6) is 0 Å². The van der Waals surface area contributed by atoms with Crippen molar-refractivity contribution in [3.63, 3.8) is 0 Å². The molecule has 0 aliphatic rings. The van der Waals surface area contributed by atoms with Crippen LogP contribution in [0.1, 0.15) is 44.2 Å². The third-order valence-corrected chi connectivity index (χ3v) is 4.74. The van der Waals surface area contributed by atoms with Crippen molar-refractivity contribution in [3.05, 3.63) is 40.2 Å². The number of aliphatic imine (C=N–C) groups is 1. The molecule has 2 aromatic rings. The summed E-state index contributed by atoms with van der Waals surface area (Å²) in [5, 5.41) is 9.99. The van der Waals surface area contributed by atoms with Gasteiger partial charge in [-0.2, -0.15) is 0 Å². The van der Waals surface area contributed by atoms with Crippen molar-refractivity contribution < 1.29 is 4.42 Å². The third kappa shape index (κ3) is 7.77. The van der Waals surface area contributed by atoms with E-state index in [0.717, 1.165) is 43.3 Å². The summed E-state index contributed by atoms with van der Waals surface area (Å²) in [5.74, 6) is 1.81. The Bertz CT molecular complexity index is 632. The minimum Gasteiger partial charge on any atom is -0.469 e. The molecule has 7 heteroatoms. The van der Waals surface area contributed by atoms with E-state index in [-0.39, 0.29) is 29.4 Å². The van der Waals surface area contributed by atoms with Crippen molar-refractivity contribution in [2.45, 2.75) is 46.0 Å². The number of aromatic nitrogens is 1. The van der Waals surface area contributed by atoms with Gasteiger partial charge in [0.25, 0.3) is 0 Å². The molecule has 0 unspecified atom stereocenters. The first kappa shape index (κ1) is 22.0. The van der Waals surface area contributed by atoms with Crippen LogP contribution in [0.3, 0.4) is 0 Å². The first-order valence-corrected chi connectivity index (χ1v) is 9.36. The molecule has 0 aliphatic carbocycles. The molecule has 0 radical (unpaired) electrons. The topological polar surface area (TPSA) is 62.5 Å². The number of rotatable bonds is 7. The number of hydrogen-bond donors (Lipinski definition) is 2. The fraction of sp³-hybridized carbons (Fsp3) is 0.556. The van der Waals surface area contributed by atoms with Crippen LogP contribution < -0.4 is 10.6 Å². The molecule has 25 heavy (non-hydrogen) atoms. The second kappa shape index (κ2) is 10.8. The summed E-state index contributed by atoms with van der Waals surface area (Å²) in [6, 6.07) is 3.88. The van der Waals surface area contributed by atoms with Gasteiger partial charge in [-0.05, 0) is 19.1 Å². The molecule has 2 N–H and O–H groups in total. The lowest BCUT2D eigenvalue weighted by Gasteiger charge is -2.13. The van der Waals surface area contributed by atoms with Crippen LogP contribution in [0.4, 0.5) is 0 Å². The molecule has 2 rings (SSSR count). The van der Waals surface area contributed by atoms with Gasteiger partial charge >= 0.3 is 0 Å². The van der Waals surface area contributed by atoms with Crippen LogP contribution in [0, 0.1) is 0 Å². The maximum atomic E-state index is 5.33. The van der Waals surface area contributed by atoms with Gasteiger partial charge in [-0.25, -0.2) is 4.98 Å². The second-order valence-electron chi connectivity index (χ2n) is 6.66. The Kier molecular flexibility index (Phi) is 9.48. The van der Waals surface area contributed by atoms with Crippen molar-refractivity contribution in [2.24, 2.45) is 4.99 Å². The number of nitrogens with zero attached hydrogens (tertiary/aromatic N) is 2.